The summed E-state index contributed by atoms with van der Waals surface area (Å²) in [6.45, 7) is 9.90. The van der Waals surface area contributed by atoms with Crippen LogP contribution in [-0.2, 0) is 0 Å². The second-order valence-electron chi connectivity index (χ2n) is 2.86. The Labute approximate surface area is 105 Å². The van der Waals surface area contributed by atoms with E-state index >= 15 is 0 Å². The van der Waals surface area contributed by atoms with E-state index in [0.717, 1.165) is 17.1 Å². The van der Waals surface area contributed by atoms with Gasteiger partial charge in [0.25, 0.3) is 0 Å². The zero-order valence-corrected chi connectivity index (χ0v) is 11.4. The summed E-state index contributed by atoms with van der Waals surface area (Å²) in [5.41, 5.74) is 2.11. The number of aryl methyl sites for hydroxylation is 1. The fraction of sp³-hybridized carbons (Fsp3) is 0.333. The highest BCUT2D eigenvalue weighted by molar-refractivity contribution is 5.58. The van der Waals surface area contributed by atoms with Crippen molar-refractivity contribution in [1.82, 2.24) is 9.97 Å². The number of benzene rings is 1. The van der Waals surface area contributed by atoms with Crippen LogP contribution < -0.4 is 0 Å². The van der Waals surface area contributed by atoms with Crippen LogP contribution in [0.15, 0.2) is 42.6 Å². The first-order valence-corrected chi connectivity index (χ1v) is 6.21. The van der Waals surface area contributed by atoms with Crippen molar-refractivity contribution < 1.29 is 0 Å². The maximum atomic E-state index is 4.33. The van der Waals surface area contributed by atoms with Gasteiger partial charge in [-0.15, -0.1) is 0 Å². The first-order valence-electron chi connectivity index (χ1n) is 6.21. The molecule has 0 aliphatic carbocycles. The number of hydrogen-bond donors (Lipinski definition) is 0. The highest BCUT2D eigenvalue weighted by atomic mass is 14.9. The quantitative estimate of drug-likeness (QED) is 0.720. The lowest BCUT2D eigenvalue weighted by Crippen LogP contribution is -1.88. The Kier molecular flexibility index (Phi) is 8.57. The lowest BCUT2D eigenvalue weighted by molar-refractivity contribution is 1.06. The molecule has 92 valence electrons. The van der Waals surface area contributed by atoms with E-state index in [1.807, 2.05) is 71.0 Å². The van der Waals surface area contributed by atoms with E-state index in [2.05, 4.69) is 9.97 Å². The average Bonchev–Trinajstić information content (AvgIpc) is 2.44. The third-order valence-corrected chi connectivity index (χ3v) is 1.85. The predicted octanol–water partition coefficient (Wildman–Crippen LogP) is 4.50. The van der Waals surface area contributed by atoms with Crippen molar-refractivity contribution in [1.29, 1.82) is 0 Å². The molecule has 0 spiro atoms. The second kappa shape index (κ2) is 9.52. The van der Waals surface area contributed by atoms with Gasteiger partial charge in [-0.3, -0.25) is 0 Å². The van der Waals surface area contributed by atoms with Gasteiger partial charge in [-0.1, -0.05) is 58.0 Å². The summed E-state index contributed by atoms with van der Waals surface area (Å²) in [7, 11) is 0. The third-order valence-electron chi connectivity index (χ3n) is 1.85. The maximum Gasteiger partial charge on any atom is 0.125 e. The molecule has 0 unspecified atom stereocenters. The van der Waals surface area contributed by atoms with E-state index in [-0.39, 0.29) is 0 Å². The molecule has 0 aliphatic heterocycles. The molecule has 0 saturated heterocycles. The second-order valence-corrected chi connectivity index (χ2v) is 2.86. The Hall–Kier alpha value is -1.70. The molecule has 2 heteroatoms. The van der Waals surface area contributed by atoms with Crippen molar-refractivity contribution in [3.8, 4) is 11.3 Å². The van der Waals surface area contributed by atoms with Crippen LogP contribution >= 0.6 is 0 Å². The first kappa shape index (κ1) is 15.3. The van der Waals surface area contributed by atoms with Crippen LogP contribution in [0, 0.1) is 6.92 Å². The molecule has 0 radical (unpaired) electrons. The molecule has 1 aromatic heterocycles. The summed E-state index contributed by atoms with van der Waals surface area (Å²) >= 11 is 0. The van der Waals surface area contributed by atoms with Crippen LogP contribution in [0.3, 0.4) is 0 Å². The molecule has 1 heterocycles. The predicted molar refractivity (Wildman–Crippen MR) is 74.9 cm³/mol. The van der Waals surface area contributed by atoms with Crippen LogP contribution in [0.2, 0.25) is 0 Å². The molecule has 0 atom stereocenters. The summed E-state index contributed by atoms with van der Waals surface area (Å²) in [5, 5.41) is 0. The van der Waals surface area contributed by atoms with Crippen molar-refractivity contribution in [2.24, 2.45) is 0 Å². The Bertz CT molecular complexity index is 397. The van der Waals surface area contributed by atoms with E-state index in [1.54, 1.807) is 6.20 Å². The molecule has 2 nitrogen and oxygen atoms in total. The van der Waals surface area contributed by atoms with E-state index in [9.17, 15) is 0 Å². The van der Waals surface area contributed by atoms with Gasteiger partial charge >= 0.3 is 0 Å². The van der Waals surface area contributed by atoms with Crippen LogP contribution in [-0.4, -0.2) is 9.97 Å². The van der Waals surface area contributed by atoms with Gasteiger partial charge in [0, 0.05) is 11.8 Å². The fourth-order valence-corrected chi connectivity index (χ4v) is 1.23. The van der Waals surface area contributed by atoms with E-state index in [0.29, 0.717) is 0 Å². The number of hydrogen-bond acceptors (Lipinski definition) is 2. The molecule has 0 N–H and O–H groups in total. The summed E-state index contributed by atoms with van der Waals surface area (Å²) in [6.07, 6.45) is 1.78. The van der Waals surface area contributed by atoms with Gasteiger partial charge in [0.2, 0.25) is 0 Å². The molecule has 0 fully saturated rings. The molecule has 1 aromatic carbocycles. The van der Waals surface area contributed by atoms with Gasteiger partial charge in [-0.2, -0.15) is 0 Å². The third kappa shape index (κ3) is 5.25. The van der Waals surface area contributed by atoms with Gasteiger partial charge in [-0.25, -0.2) is 9.97 Å². The van der Waals surface area contributed by atoms with Gasteiger partial charge < -0.3 is 0 Å². The SMILES string of the molecule is CC.CC.Cc1nccc(-c2ccccc2)n1. The standard InChI is InChI=1S/C11H10N2.2C2H6/c1-9-12-8-7-11(13-9)10-5-3-2-4-6-10;2*1-2/h2-8H,1H3;2*1-2H3. The molecular formula is C15H22N2. The van der Waals surface area contributed by atoms with Gasteiger partial charge in [0.1, 0.15) is 5.82 Å². The highest BCUT2D eigenvalue weighted by Gasteiger charge is 1.97. The zero-order valence-electron chi connectivity index (χ0n) is 11.4. The monoisotopic (exact) mass is 230 g/mol. The Morgan fingerprint density at radius 1 is 0.824 bits per heavy atom. The lowest BCUT2D eigenvalue weighted by Gasteiger charge is -1.99. The minimum Gasteiger partial charge on any atom is -0.242 e. The lowest BCUT2D eigenvalue weighted by atomic mass is 10.1. The smallest absolute Gasteiger partial charge is 0.125 e. The molecular weight excluding hydrogens is 208 g/mol. The number of rotatable bonds is 1. The zero-order chi connectivity index (χ0) is 13.1. The van der Waals surface area contributed by atoms with E-state index in [4.69, 9.17) is 0 Å². The summed E-state index contributed by atoms with van der Waals surface area (Å²) in [5.74, 6) is 0.807. The van der Waals surface area contributed by atoms with Crippen molar-refractivity contribution in [2.45, 2.75) is 34.6 Å². The summed E-state index contributed by atoms with van der Waals surface area (Å²) < 4.78 is 0. The van der Waals surface area contributed by atoms with Gasteiger partial charge in [0.05, 0.1) is 5.69 Å². The largest absolute Gasteiger partial charge is 0.242 e. The normalized spacial score (nSPS) is 8.29. The summed E-state index contributed by atoms with van der Waals surface area (Å²) in [4.78, 5) is 8.39. The van der Waals surface area contributed by atoms with Crippen molar-refractivity contribution in [3.63, 3.8) is 0 Å². The average molecular weight is 230 g/mol. The highest BCUT2D eigenvalue weighted by Crippen LogP contribution is 2.14. The van der Waals surface area contributed by atoms with Crippen molar-refractivity contribution in [3.05, 3.63) is 48.4 Å². The van der Waals surface area contributed by atoms with Gasteiger partial charge in [0.15, 0.2) is 0 Å². The molecule has 0 amide bonds. The Morgan fingerprint density at radius 3 is 1.94 bits per heavy atom. The number of nitrogens with zero attached hydrogens (tertiary/aromatic N) is 2. The molecule has 0 aliphatic rings. The summed E-state index contributed by atoms with van der Waals surface area (Å²) in [6, 6.07) is 12.0. The van der Waals surface area contributed by atoms with Crippen molar-refractivity contribution in [2.75, 3.05) is 0 Å². The molecule has 2 rings (SSSR count). The first-order chi connectivity index (χ1) is 8.36. The van der Waals surface area contributed by atoms with E-state index in [1.165, 1.54) is 0 Å². The van der Waals surface area contributed by atoms with Crippen LogP contribution in [0.1, 0.15) is 33.5 Å². The Morgan fingerprint density at radius 2 is 1.41 bits per heavy atom. The fourth-order valence-electron chi connectivity index (χ4n) is 1.23. The van der Waals surface area contributed by atoms with E-state index < -0.39 is 0 Å². The maximum absolute atomic E-state index is 4.33. The van der Waals surface area contributed by atoms with Crippen LogP contribution in [0.5, 0.6) is 0 Å². The Balaban J connectivity index is 0.000000581. The topological polar surface area (TPSA) is 25.8 Å². The van der Waals surface area contributed by atoms with Crippen molar-refractivity contribution >= 4 is 0 Å². The molecule has 17 heavy (non-hydrogen) atoms. The van der Waals surface area contributed by atoms with Crippen LogP contribution in [0.4, 0.5) is 0 Å². The molecule has 0 saturated carbocycles. The van der Waals surface area contributed by atoms with Gasteiger partial charge in [-0.05, 0) is 13.0 Å². The minimum absolute atomic E-state index is 0.807. The molecule has 0 bridgehead atoms. The minimum atomic E-state index is 0.807. The molecule has 2 aromatic rings. The number of aromatic nitrogens is 2. The van der Waals surface area contributed by atoms with Crippen LogP contribution in [0.25, 0.3) is 11.3 Å².